The van der Waals surface area contributed by atoms with Gasteiger partial charge in [0, 0.05) is 0 Å². The minimum atomic E-state index is -0.641. The largest absolute Gasteiger partial charge is 0.493 e. The van der Waals surface area contributed by atoms with Gasteiger partial charge in [0.1, 0.15) is 0 Å². The zero-order valence-electron chi connectivity index (χ0n) is 20.0. The van der Waals surface area contributed by atoms with Crippen LogP contribution in [0.25, 0.3) is 12.2 Å². The topological polar surface area (TPSA) is 79.1 Å². The molecule has 3 aromatic rings. The van der Waals surface area contributed by atoms with E-state index in [1.165, 1.54) is 11.3 Å². The van der Waals surface area contributed by atoms with Crippen LogP contribution in [-0.4, -0.2) is 31.4 Å². The quantitative estimate of drug-likeness (QED) is 0.474. The van der Waals surface area contributed by atoms with E-state index in [1.54, 1.807) is 50.8 Å². The van der Waals surface area contributed by atoms with Crippen molar-refractivity contribution in [3.63, 3.8) is 0 Å². The molecular formula is C27H26N2O5S. The van der Waals surface area contributed by atoms with Gasteiger partial charge in [-0.05, 0) is 43.2 Å². The normalized spacial score (nSPS) is 15.7. The molecule has 0 saturated carbocycles. The summed E-state index contributed by atoms with van der Waals surface area (Å²) in [5, 5.41) is 0. The predicted octanol–water partition coefficient (Wildman–Crippen LogP) is 3.48. The molecule has 1 unspecified atom stereocenters. The first-order valence-corrected chi connectivity index (χ1v) is 11.9. The van der Waals surface area contributed by atoms with Crippen LogP contribution in [0.2, 0.25) is 0 Å². The summed E-state index contributed by atoms with van der Waals surface area (Å²) in [6.07, 6.45) is 5.53. The summed E-state index contributed by atoms with van der Waals surface area (Å²) in [4.78, 5) is 31.5. The highest BCUT2D eigenvalue weighted by Gasteiger charge is 2.30. The third kappa shape index (κ3) is 4.97. The van der Waals surface area contributed by atoms with Crippen molar-refractivity contribution in [3.8, 4) is 11.5 Å². The number of methoxy groups -OCH3 is 2. The number of esters is 1. The van der Waals surface area contributed by atoms with Gasteiger partial charge >= 0.3 is 5.97 Å². The highest BCUT2D eigenvalue weighted by Crippen LogP contribution is 2.28. The Balaban J connectivity index is 1.86. The van der Waals surface area contributed by atoms with Crippen molar-refractivity contribution in [2.45, 2.75) is 19.9 Å². The minimum absolute atomic E-state index is 0.231. The third-order valence-corrected chi connectivity index (χ3v) is 6.52. The van der Waals surface area contributed by atoms with Gasteiger partial charge in [0.2, 0.25) is 0 Å². The Hall–Kier alpha value is -3.91. The summed E-state index contributed by atoms with van der Waals surface area (Å²) in [6.45, 7) is 3.75. The molecule has 1 aliphatic heterocycles. The van der Waals surface area contributed by atoms with Crippen molar-refractivity contribution in [3.05, 3.63) is 96.7 Å². The smallest absolute Gasteiger partial charge is 0.338 e. The number of carbonyl (C=O) groups excluding carboxylic acids is 1. The van der Waals surface area contributed by atoms with Gasteiger partial charge in [-0.2, -0.15) is 0 Å². The maximum Gasteiger partial charge on any atom is 0.338 e. The van der Waals surface area contributed by atoms with Gasteiger partial charge in [-0.25, -0.2) is 9.79 Å². The summed E-state index contributed by atoms with van der Waals surface area (Å²) in [5.41, 5.74) is 2.39. The number of ether oxygens (including phenoxy) is 3. The predicted molar refractivity (Wildman–Crippen MR) is 136 cm³/mol. The van der Waals surface area contributed by atoms with Crippen LogP contribution in [0.3, 0.4) is 0 Å². The number of rotatable bonds is 7. The SMILES string of the molecule is CCOC(=O)C1=C(C)N=c2sc(=Cc3ccc(OC)c(OC)c3)c(=O)n2C1/C=C/c1ccccc1. The van der Waals surface area contributed by atoms with E-state index >= 15 is 0 Å². The van der Waals surface area contributed by atoms with Crippen molar-refractivity contribution < 1.29 is 19.0 Å². The number of allylic oxidation sites excluding steroid dienone is 2. The molecule has 1 atom stereocenters. The molecule has 8 heteroatoms. The summed E-state index contributed by atoms with van der Waals surface area (Å²) in [7, 11) is 3.14. The van der Waals surface area contributed by atoms with Crippen LogP contribution in [0, 0.1) is 0 Å². The Bertz CT molecular complexity index is 1480. The van der Waals surface area contributed by atoms with Crippen molar-refractivity contribution in [1.29, 1.82) is 0 Å². The van der Waals surface area contributed by atoms with Crippen molar-refractivity contribution in [2.75, 3.05) is 20.8 Å². The van der Waals surface area contributed by atoms with Crippen molar-refractivity contribution >= 4 is 29.5 Å². The lowest BCUT2D eigenvalue weighted by Crippen LogP contribution is -2.38. The Morgan fingerprint density at radius 2 is 1.83 bits per heavy atom. The molecule has 0 bridgehead atoms. The standard InChI is InChI=1S/C27H26N2O5S/c1-5-34-26(31)24-17(2)28-27-29(20(24)13-11-18-9-7-6-8-10-18)25(30)23(35-27)16-19-12-14-21(32-3)22(15-19)33-4/h6-16,20H,5H2,1-4H3/b13-11+,23-16?. The van der Waals surface area contributed by atoms with Crippen LogP contribution >= 0.6 is 11.3 Å². The molecule has 1 aromatic heterocycles. The van der Waals surface area contributed by atoms with Crippen LogP contribution in [0.1, 0.15) is 31.0 Å². The minimum Gasteiger partial charge on any atom is -0.493 e. The zero-order chi connectivity index (χ0) is 24.9. The molecule has 2 aromatic carbocycles. The monoisotopic (exact) mass is 490 g/mol. The summed E-state index contributed by atoms with van der Waals surface area (Å²) < 4.78 is 18.0. The van der Waals surface area contributed by atoms with E-state index in [9.17, 15) is 9.59 Å². The molecule has 4 rings (SSSR count). The van der Waals surface area contributed by atoms with Gasteiger partial charge in [0.25, 0.3) is 5.56 Å². The number of benzene rings is 2. The molecule has 0 N–H and O–H groups in total. The van der Waals surface area contributed by atoms with Crippen molar-refractivity contribution in [2.24, 2.45) is 4.99 Å². The molecule has 0 aliphatic carbocycles. The van der Waals surface area contributed by atoms with E-state index in [0.717, 1.165) is 11.1 Å². The maximum atomic E-state index is 13.6. The molecule has 0 amide bonds. The van der Waals surface area contributed by atoms with Crippen LogP contribution in [-0.2, 0) is 9.53 Å². The van der Waals surface area contributed by atoms with Crippen LogP contribution in [0.5, 0.6) is 11.5 Å². The van der Waals surface area contributed by atoms with Gasteiger partial charge in [0.05, 0.1) is 42.7 Å². The third-order valence-electron chi connectivity index (χ3n) is 5.54. The van der Waals surface area contributed by atoms with Gasteiger partial charge < -0.3 is 14.2 Å². The number of carbonyl (C=O) groups is 1. The Kier molecular flexibility index (Phi) is 7.31. The molecule has 7 nitrogen and oxygen atoms in total. The van der Waals surface area contributed by atoms with E-state index in [4.69, 9.17) is 14.2 Å². The molecule has 180 valence electrons. The number of nitrogens with zero attached hydrogens (tertiary/aromatic N) is 2. The second-order valence-corrected chi connectivity index (χ2v) is 8.74. The number of thiazole rings is 1. The number of aromatic nitrogens is 1. The summed E-state index contributed by atoms with van der Waals surface area (Å²) in [5.74, 6) is 0.690. The molecule has 0 saturated heterocycles. The fraction of sp³-hybridized carbons (Fsp3) is 0.222. The maximum absolute atomic E-state index is 13.6. The fourth-order valence-electron chi connectivity index (χ4n) is 3.88. The van der Waals surface area contributed by atoms with Crippen molar-refractivity contribution in [1.82, 2.24) is 4.57 Å². The van der Waals surface area contributed by atoms with Gasteiger partial charge in [-0.3, -0.25) is 9.36 Å². The molecule has 1 aliphatic rings. The molecule has 0 fully saturated rings. The lowest BCUT2D eigenvalue weighted by molar-refractivity contribution is -0.139. The molecule has 35 heavy (non-hydrogen) atoms. The molecular weight excluding hydrogens is 464 g/mol. The van der Waals surface area contributed by atoms with E-state index < -0.39 is 12.0 Å². The lowest BCUT2D eigenvalue weighted by Gasteiger charge is -2.21. The first kappa shape index (κ1) is 24.2. The molecule has 0 radical (unpaired) electrons. The van der Waals surface area contributed by atoms with Crippen LogP contribution in [0.15, 0.2) is 75.7 Å². The Morgan fingerprint density at radius 1 is 1.09 bits per heavy atom. The Labute approximate surface area is 206 Å². The zero-order valence-corrected chi connectivity index (χ0v) is 20.8. The second kappa shape index (κ2) is 10.6. The van der Waals surface area contributed by atoms with E-state index in [2.05, 4.69) is 4.99 Å². The first-order chi connectivity index (χ1) is 17.0. The highest BCUT2D eigenvalue weighted by molar-refractivity contribution is 7.07. The van der Waals surface area contributed by atoms with Crippen LogP contribution in [0.4, 0.5) is 0 Å². The fourth-order valence-corrected chi connectivity index (χ4v) is 4.93. The Morgan fingerprint density at radius 3 is 2.51 bits per heavy atom. The van der Waals surface area contributed by atoms with E-state index in [1.807, 2.05) is 48.6 Å². The van der Waals surface area contributed by atoms with E-state index in [-0.39, 0.29) is 12.2 Å². The number of fused-ring (bicyclic) bond motifs is 1. The first-order valence-electron chi connectivity index (χ1n) is 11.1. The number of hydrogen-bond acceptors (Lipinski definition) is 7. The summed E-state index contributed by atoms with van der Waals surface area (Å²) >= 11 is 1.27. The average molecular weight is 491 g/mol. The second-order valence-electron chi connectivity index (χ2n) is 7.73. The van der Waals surface area contributed by atoms with Gasteiger partial charge in [0.15, 0.2) is 16.3 Å². The van der Waals surface area contributed by atoms with Crippen LogP contribution < -0.4 is 24.4 Å². The average Bonchev–Trinajstić information content (AvgIpc) is 3.17. The summed E-state index contributed by atoms with van der Waals surface area (Å²) in [6, 6.07) is 14.5. The lowest BCUT2D eigenvalue weighted by atomic mass is 10.0. The highest BCUT2D eigenvalue weighted by atomic mass is 32.1. The van der Waals surface area contributed by atoms with E-state index in [0.29, 0.717) is 32.1 Å². The molecule has 0 spiro atoms. The molecule has 2 heterocycles. The number of hydrogen-bond donors (Lipinski definition) is 0. The van der Waals surface area contributed by atoms with Gasteiger partial charge in [-0.15, -0.1) is 0 Å². The van der Waals surface area contributed by atoms with Gasteiger partial charge in [-0.1, -0.05) is 59.9 Å².